The molecule has 0 bridgehead atoms. The zero-order valence-corrected chi connectivity index (χ0v) is 28.9. The van der Waals surface area contributed by atoms with E-state index in [-0.39, 0.29) is 12.8 Å². The van der Waals surface area contributed by atoms with Gasteiger partial charge in [-0.1, -0.05) is 85.0 Å². The Hall–Kier alpha value is -2.84. The largest absolute Gasteiger partial charge is 0.480 e. The molecule has 0 aliphatic rings. The number of aromatic amines is 1. The van der Waals surface area contributed by atoms with E-state index in [1.165, 1.54) is 6.33 Å². The first-order valence-corrected chi connectivity index (χ1v) is 18.1. The van der Waals surface area contributed by atoms with Crippen LogP contribution in [-0.4, -0.2) is 81.8 Å². The summed E-state index contributed by atoms with van der Waals surface area (Å²) in [6, 6.07) is -2.91. The van der Waals surface area contributed by atoms with Crippen LogP contribution in [-0.2, 0) is 42.3 Å². The number of imidazole rings is 1. The predicted molar refractivity (Wildman–Crippen MR) is 173 cm³/mol. The van der Waals surface area contributed by atoms with Gasteiger partial charge in [0.15, 0.2) is 12.1 Å². The minimum Gasteiger partial charge on any atom is -0.480 e. The summed E-state index contributed by atoms with van der Waals surface area (Å²) in [6.07, 6.45) is 13.7. The van der Waals surface area contributed by atoms with Crippen LogP contribution in [0.1, 0.15) is 122 Å². The highest BCUT2D eigenvalue weighted by molar-refractivity contribution is 7.47. The number of hydrogen-bond acceptors (Lipinski definition) is 11. The second-order valence-corrected chi connectivity index (χ2v) is 13.1. The minimum absolute atomic E-state index is 0.114. The van der Waals surface area contributed by atoms with Crippen LogP contribution in [0.4, 0.5) is 0 Å². The number of aliphatic carboxylic acids is 1. The van der Waals surface area contributed by atoms with Crippen LogP contribution < -0.4 is 11.1 Å². The van der Waals surface area contributed by atoms with E-state index in [1.807, 2.05) is 0 Å². The minimum atomic E-state index is -4.92. The van der Waals surface area contributed by atoms with Crippen molar-refractivity contribution in [1.29, 1.82) is 0 Å². The number of ether oxygens (including phenoxy) is 2. The number of phosphoric acid groups is 1. The fourth-order valence-electron chi connectivity index (χ4n) is 4.48. The number of carboxylic acids is 1. The number of nitrogens with two attached hydrogens (primary N) is 1. The van der Waals surface area contributed by atoms with Crippen LogP contribution in [0.5, 0.6) is 0 Å². The maximum Gasteiger partial charge on any atom is 0.472 e. The number of hydrogen-bond donors (Lipinski definition) is 5. The second kappa shape index (κ2) is 24.3. The number of unbranched alkanes of at least 4 members (excludes halogenated alkanes) is 10. The van der Waals surface area contributed by atoms with E-state index in [4.69, 9.17) is 24.3 Å². The van der Waals surface area contributed by atoms with Crippen molar-refractivity contribution >= 4 is 31.6 Å². The SMILES string of the molecule is CCCCCCCCC(=O)OCC(COP(=O)(O)OCC(NC(=O)C(N)C(C)c1c[nH]cn1)C(=O)O)OC(=O)CCCCCCCC. The molecular formula is C31H55N4O11P. The first-order valence-electron chi connectivity index (χ1n) is 16.6. The number of nitrogens with zero attached hydrogens (tertiary/aromatic N) is 1. The van der Waals surface area contributed by atoms with Crippen LogP contribution in [0.15, 0.2) is 12.5 Å². The molecule has 6 N–H and O–H groups in total. The number of amides is 1. The molecule has 0 spiro atoms. The highest BCUT2D eigenvalue weighted by Gasteiger charge is 2.32. The molecule has 1 aromatic heterocycles. The Morgan fingerprint density at radius 3 is 2.00 bits per heavy atom. The Labute approximate surface area is 277 Å². The summed E-state index contributed by atoms with van der Waals surface area (Å²) >= 11 is 0. The van der Waals surface area contributed by atoms with E-state index in [0.29, 0.717) is 18.5 Å². The molecule has 0 aliphatic heterocycles. The number of H-pyrrole nitrogens is 1. The molecule has 47 heavy (non-hydrogen) atoms. The second-order valence-electron chi connectivity index (χ2n) is 11.6. The number of carboxylic acid groups (broad SMARTS) is 1. The Morgan fingerprint density at radius 2 is 1.45 bits per heavy atom. The Kier molecular flexibility index (Phi) is 21.8. The zero-order chi connectivity index (χ0) is 35.1. The van der Waals surface area contributed by atoms with Crippen molar-refractivity contribution in [2.75, 3.05) is 19.8 Å². The van der Waals surface area contributed by atoms with Gasteiger partial charge in [0.25, 0.3) is 0 Å². The highest BCUT2D eigenvalue weighted by atomic mass is 31.2. The number of phosphoric ester groups is 1. The number of carbonyl (C=O) groups excluding carboxylic acids is 3. The zero-order valence-electron chi connectivity index (χ0n) is 28.0. The Morgan fingerprint density at radius 1 is 0.894 bits per heavy atom. The summed E-state index contributed by atoms with van der Waals surface area (Å²) in [5.74, 6) is -4.03. The molecule has 270 valence electrons. The van der Waals surface area contributed by atoms with Crippen molar-refractivity contribution in [3.05, 3.63) is 18.2 Å². The van der Waals surface area contributed by atoms with E-state index in [2.05, 4.69) is 29.1 Å². The Bertz CT molecular complexity index is 1090. The van der Waals surface area contributed by atoms with Gasteiger partial charge in [0.05, 0.1) is 31.3 Å². The molecule has 1 rings (SSSR count). The van der Waals surface area contributed by atoms with Crippen molar-refractivity contribution in [2.45, 2.75) is 135 Å². The van der Waals surface area contributed by atoms with E-state index < -0.39 is 75.6 Å². The summed E-state index contributed by atoms with van der Waals surface area (Å²) < 4.78 is 33.1. The normalized spacial score (nSPS) is 15.2. The van der Waals surface area contributed by atoms with Crippen LogP contribution in [0.3, 0.4) is 0 Å². The molecule has 1 aromatic rings. The molecule has 0 saturated heterocycles. The summed E-state index contributed by atoms with van der Waals surface area (Å²) in [7, 11) is -4.92. The lowest BCUT2D eigenvalue weighted by atomic mass is 9.99. The summed E-state index contributed by atoms with van der Waals surface area (Å²) in [5, 5.41) is 11.7. The monoisotopic (exact) mass is 690 g/mol. The third-order valence-electron chi connectivity index (χ3n) is 7.47. The van der Waals surface area contributed by atoms with Gasteiger partial charge in [0.2, 0.25) is 5.91 Å². The highest BCUT2D eigenvalue weighted by Crippen LogP contribution is 2.43. The van der Waals surface area contributed by atoms with Gasteiger partial charge in [-0.25, -0.2) is 14.3 Å². The quantitative estimate of drug-likeness (QED) is 0.0464. The molecule has 0 saturated carbocycles. The van der Waals surface area contributed by atoms with E-state index in [0.717, 1.165) is 64.2 Å². The van der Waals surface area contributed by atoms with Crippen molar-refractivity contribution in [3.63, 3.8) is 0 Å². The summed E-state index contributed by atoms with van der Waals surface area (Å²) in [4.78, 5) is 66.1. The van der Waals surface area contributed by atoms with Gasteiger partial charge in [-0.15, -0.1) is 0 Å². The molecule has 0 aromatic carbocycles. The first-order chi connectivity index (χ1) is 22.4. The molecule has 1 amide bonds. The number of nitrogens with one attached hydrogen (secondary N) is 2. The summed E-state index contributed by atoms with van der Waals surface area (Å²) in [6.45, 7) is 3.85. The number of carbonyl (C=O) groups is 4. The van der Waals surface area contributed by atoms with Crippen LogP contribution in [0.25, 0.3) is 0 Å². The fraction of sp³-hybridized carbons (Fsp3) is 0.774. The molecule has 0 fully saturated rings. The molecule has 5 atom stereocenters. The summed E-state index contributed by atoms with van der Waals surface area (Å²) in [5.41, 5.74) is 6.44. The van der Waals surface area contributed by atoms with Gasteiger partial charge >= 0.3 is 25.7 Å². The lowest BCUT2D eigenvalue weighted by Gasteiger charge is -2.22. The van der Waals surface area contributed by atoms with Gasteiger partial charge in [-0.3, -0.25) is 23.4 Å². The van der Waals surface area contributed by atoms with Gasteiger partial charge in [0.1, 0.15) is 6.61 Å². The lowest BCUT2D eigenvalue weighted by molar-refractivity contribution is -0.161. The van der Waals surface area contributed by atoms with Gasteiger partial charge in [-0.2, -0.15) is 0 Å². The molecule has 16 heteroatoms. The van der Waals surface area contributed by atoms with Crippen molar-refractivity contribution in [2.24, 2.45) is 5.73 Å². The molecule has 0 radical (unpaired) electrons. The third kappa shape index (κ3) is 19.5. The maximum atomic E-state index is 12.6. The van der Waals surface area contributed by atoms with Crippen LogP contribution in [0, 0.1) is 0 Å². The lowest BCUT2D eigenvalue weighted by Crippen LogP contribution is -2.51. The van der Waals surface area contributed by atoms with Crippen molar-refractivity contribution < 1.29 is 52.3 Å². The molecule has 1 heterocycles. The van der Waals surface area contributed by atoms with Crippen molar-refractivity contribution in [1.82, 2.24) is 15.3 Å². The molecule has 15 nitrogen and oxygen atoms in total. The van der Waals surface area contributed by atoms with Gasteiger partial charge in [-0.05, 0) is 12.8 Å². The van der Waals surface area contributed by atoms with Crippen LogP contribution in [0.2, 0.25) is 0 Å². The smallest absolute Gasteiger partial charge is 0.472 e. The number of esters is 2. The maximum absolute atomic E-state index is 12.6. The van der Waals surface area contributed by atoms with Gasteiger partial charge in [0, 0.05) is 25.0 Å². The average molecular weight is 691 g/mol. The van der Waals surface area contributed by atoms with Crippen molar-refractivity contribution in [3.8, 4) is 0 Å². The molecule has 0 aliphatic carbocycles. The first kappa shape index (κ1) is 42.2. The fourth-order valence-corrected chi connectivity index (χ4v) is 5.24. The van der Waals surface area contributed by atoms with E-state index >= 15 is 0 Å². The average Bonchev–Trinajstić information content (AvgIpc) is 3.58. The Balaban J connectivity index is 2.69. The predicted octanol–water partition coefficient (Wildman–Crippen LogP) is 4.50. The third-order valence-corrected chi connectivity index (χ3v) is 8.42. The molecular weight excluding hydrogens is 635 g/mol. The molecule has 5 unspecified atom stereocenters. The van der Waals surface area contributed by atoms with E-state index in [1.54, 1.807) is 13.1 Å². The van der Waals surface area contributed by atoms with Crippen LogP contribution >= 0.6 is 7.82 Å². The topological polar surface area (TPSA) is 229 Å². The standard InChI is InChI=1S/C31H55N4O11P/c1-4-6-8-10-12-14-16-27(36)43-19-24(46-28(37)17-15-13-11-9-7-5-2)20-44-47(41,42)45-21-26(31(39)40)35-30(38)29(32)23(3)25-18-33-22-34-25/h18,22-24,26,29H,4-17,19-21,32H2,1-3H3,(H,33,34)(H,35,38)(H,39,40)(H,41,42). The van der Waals surface area contributed by atoms with Gasteiger partial charge < -0.3 is 35.5 Å². The number of aromatic nitrogens is 2. The van der Waals surface area contributed by atoms with E-state index in [9.17, 15) is 33.7 Å². The number of rotatable bonds is 28.